The van der Waals surface area contributed by atoms with Gasteiger partial charge >= 0.3 is 0 Å². The summed E-state index contributed by atoms with van der Waals surface area (Å²) in [6, 6.07) is 6.71. The standard InChI is InChI=1S/C18H19ClO4/c1-11-16(21)9-13-10-17(11)22-23-18(13,2)8-7-15(20)12-3-5-14(19)6-4-12/h3-8,11,13,17H,9-10H2,1-2H3. The number of fused-ring (bicyclic) bond motifs is 2. The van der Waals surface area contributed by atoms with Crippen molar-refractivity contribution in [2.45, 2.75) is 38.4 Å². The molecule has 0 aromatic heterocycles. The molecule has 4 atom stereocenters. The van der Waals surface area contributed by atoms with Gasteiger partial charge in [0.15, 0.2) is 5.78 Å². The maximum atomic E-state index is 12.2. The molecule has 122 valence electrons. The zero-order chi connectivity index (χ0) is 16.6. The molecule has 1 aromatic rings. The molecule has 23 heavy (non-hydrogen) atoms. The van der Waals surface area contributed by atoms with Gasteiger partial charge in [-0.05, 0) is 49.8 Å². The van der Waals surface area contributed by atoms with Crippen LogP contribution in [0.5, 0.6) is 0 Å². The summed E-state index contributed by atoms with van der Waals surface area (Å²) >= 11 is 5.82. The van der Waals surface area contributed by atoms with Crippen molar-refractivity contribution in [3.63, 3.8) is 0 Å². The van der Waals surface area contributed by atoms with E-state index in [0.717, 1.165) is 6.42 Å². The van der Waals surface area contributed by atoms with Crippen molar-refractivity contribution >= 4 is 23.2 Å². The fraction of sp³-hybridized carbons (Fsp3) is 0.444. The van der Waals surface area contributed by atoms with Crippen molar-refractivity contribution in [1.29, 1.82) is 0 Å². The van der Waals surface area contributed by atoms with E-state index in [9.17, 15) is 9.59 Å². The van der Waals surface area contributed by atoms with E-state index in [4.69, 9.17) is 21.4 Å². The van der Waals surface area contributed by atoms with Crippen LogP contribution in [0.15, 0.2) is 36.4 Å². The highest BCUT2D eigenvalue weighted by Gasteiger charge is 2.48. The van der Waals surface area contributed by atoms with Gasteiger partial charge in [0.1, 0.15) is 17.5 Å². The number of benzene rings is 1. The van der Waals surface area contributed by atoms with Gasteiger partial charge in [0.05, 0.1) is 0 Å². The number of hydrogen-bond donors (Lipinski definition) is 0. The smallest absolute Gasteiger partial charge is 0.185 e. The number of rotatable bonds is 3. The molecule has 0 N–H and O–H groups in total. The first-order valence-corrected chi connectivity index (χ1v) is 8.13. The van der Waals surface area contributed by atoms with Gasteiger partial charge in [-0.2, -0.15) is 0 Å². The predicted molar refractivity (Wildman–Crippen MR) is 86.2 cm³/mol. The summed E-state index contributed by atoms with van der Waals surface area (Å²) in [5.74, 6) is -0.0444. The summed E-state index contributed by atoms with van der Waals surface area (Å²) in [7, 11) is 0. The Morgan fingerprint density at radius 2 is 2.04 bits per heavy atom. The highest BCUT2D eigenvalue weighted by Crippen LogP contribution is 2.42. The number of halogens is 1. The largest absolute Gasteiger partial charge is 0.299 e. The number of allylic oxidation sites excluding steroid dienone is 1. The van der Waals surface area contributed by atoms with Gasteiger partial charge in [-0.3, -0.25) is 9.59 Å². The van der Waals surface area contributed by atoms with Crippen LogP contribution in [0.1, 0.15) is 37.0 Å². The van der Waals surface area contributed by atoms with Crippen LogP contribution in [0.2, 0.25) is 5.02 Å². The molecule has 0 radical (unpaired) electrons. The van der Waals surface area contributed by atoms with Crippen LogP contribution in [0.3, 0.4) is 0 Å². The average Bonchev–Trinajstić information content (AvgIpc) is 2.54. The highest BCUT2D eigenvalue weighted by atomic mass is 35.5. The molecule has 1 aliphatic carbocycles. The van der Waals surface area contributed by atoms with E-state index in [-0.39, 0.29) is 29.5 Å². The quantitative estimate of drug-likeness (QED) is 0.479. The molecule has 4 unspecified atom stereocenters. The van der Waals surface area contributed by atoms with E-state index < -0.39 is 5.60 Å². The molecule has 2 aliphatic rings. The second-order valence-corrected chi connectivity index (χ2v) is 6.93. The molecule has 2 bridgehead atoms. The lowest BCUT2D eigenvalue weighted by Gasteiger charge is -2.45. The van der Waals surface area contributed by atoms with Crippen LogP contribution in [0, 0.1) is 11.8 Å². The third-order valence-corrected chi connectivity index (χ3v) is 5.14. The zero-order valence-electron chi connectivity index (χ0n) is 13.1. The van der Waals surface area contributed by atoms with Crippen molar-refractivity contribution in [3.05, 3.63) is 47.0 Å². The molecule has 3 rings (SSSR count). The SMILES string of the molecule is CC1C(=O)CC2CC1OOC2(C)C=CC(=O)c1ccc(Cl)cc1. The number of carbonyl (C=O) groups is 2. The van der Waals surface area contributed by atoms with Crippen LogP contribution < -0.4 is 0 Å². The third kappa shape index (κ3) is 3.25. The Bertz CT molecular complexity index is 651. The Labute approximate surface area is 140 Å². The summed E-state index contributed by atoms with van der Waals surface area (Å²) in [6.45, 7) is 3.72. The van der Waals surface area contributed by atoms with Gasteiger partial charge in [0.25, 0.3) is 0 Å². The summed E-state index contributed by atoms with van der Waals surface area (Å²) in [5, 5.41) is 0.586. The van der Waals surface area contributed by atoms with Gasteiger partial charge in [0.2, 0.25) is 0 Å². The van der Waals surface area contributed by atoms with Gasteiger partial charge in [-0.15, -0.1) is 0 Å². The van der Waals surface area contributed by atoms with Crippen LogP contribution in [-0.2, 0) is 14.6 Å². The predicted octanol–water partition coefficient (Wildman–Crippen LogP) is 3.78. The lowest BCUT2D eigenvalue weighted by molar-refractivity contribution is -0.415. The summed E-state index contributed by atoms with van der Waals surface area (Å²) in [5.41, 5.74) is -0.216. The molecule has 1 saturated heterocycles. The fourth-order valence-electron chi connectivity index (χ4n) is 3.11. The molecular formula is C18H19ClO4. The van der Waals surface area contributed by atoms with Gasteiger partial charge in [-0.25, -0.2) is 9.78 Å². The lowest BCUT2D eigenvalue weighted by atomic mass is 9.71. The molecule has 4 nitrogen and oxygen atoms in total. The second kappa shape index (κ2) is 6.19. The van der Waals surface area contributed by atoms with E-state index >= 15 is 0 Å². The minimum atomic E-state index is -0.769. The Balaban J connectivity index is 1.75. The lowest BCUT2D eigenvalue weighted by Crippen LogP contribution is -2.52. The van der Waals surface area contributed by atoms with Crippen molar-refractivity contribution in [2.24, 2.45) is 11.8 Å². The Hall–Kier alpha value is -1.49. The van der Waals surface area contributed by atoms with E-state index in [2.05, 4.69) is 0 Å². The van der Waals surface area contributed by atoms with E-state index in [1.807, 2.05) is 13.8 Å². The van der Waals surface area contributed by atoms with Crippen molar-refractivity contribution in [3.8, 4) is 0 Å². The number of carbonyl (C=O) groups excluding carboxylic acids is 2. The molecule has 0 amide bonds. The first kappa shape index (κ1) is 16.4. The molecule has 1 heterocycles. The fourth-order valence-corrected chi connectivity index (χ4v) is 3.24. The van der Waals surface area contributed by atoms with E-state index in [1.165, 1.54) is 6.08 Å². The first-order chi connectivity index (χ1) is 10.9. The molecule has 1 saturated carbocycles. The number of ketones is 2. The van der Waals surface area contributed by atoms with Gasteiger partial charge in [0, 0.05) is 28.8 Å². The molecule has 1 aliphatic heterocycles. The monoisotopic (exact) mass is 334 g/mol. The minimum absolute atomic E-state index is 0.0271. The van der Waals surface area contributed by atoms with Crippen molar-refractivity contribution in [1.82, 2.24) is 0 Å². The molecular weight excluding hydrogens is 316 g/mol. The van der Waals surface area contributed by atoms with Gasteiger partial charge < -0.3 is 0 Å². The first-order valence-electron chi connectivity index (χ1n) is 7.75. The van der Waals surface area contributed by atoms with Crippen molar-refractivity contribution < 1.29 is 19.4 Å². The number of hydrogen-bond acceptors (Lipinski definition) is 4. The minimum Gasteiger partial charge on any atom is -0.299 e. The maximum Gasteiger partial charge on any atom is 0.185 e. The third-order valence-electron chi connectivity index (χ3n) is 4.89. The summed E-state index contributed by atoms with van der Waals surface area (Å²) < 4.78 is 0. The molecule has 2 fully saturated rings. The van der Waals surface area contributed by atoms with Gasteiger partial charge in [-0.1, -0.05) is 18.5 Å². The van der Waals surface area contributed by atoms with Crippen LogP contribution >= 0.6 is 11.6 Å². The van der Waals surface area contributed by atoms with Crippen molar-refractivity contribution in [2.75, 3.05) is 0 Å². The van der Waals surface area contributed by atoms with E-state index in [0.29, 0.717) is 17.0 Å². The number of Topliss-reactive ketones (excluding diaryl/α,β-unsaturated/α-hetero) is 1. The highest BCUT2D eigenvalue weighted by molar-refractivity contribution is 6.30. The van der Waals surface area contributed by atoms with Crippen LogP contribution in [-0.4, -0.2) is 23.3 Å². The van der Waals surface area contributed by atoms with E-state index in [1.54, 1.807) is 30.3 Å². The summed E-state index contributed by atoms with van der Waals surface area (Å²) in [6.07, 6.45) is 4.22. The maximum absolute atomic E-state index is 12.2. The average molecular weight is 335 g/mol. The Morgan fingerprint density at radius 1 is 1.35 bits per heavy atom. The van der Waals surface area contributed by atoms with Crippen LogP contribution in [0.25, 0.3) is 0 Å². The summed E-state index contributed by atoms with van der Waals surface area (Å²) in [4.78, 5) is 35.2. The normalized spacial score (nSPS) is 33.9. The topological polar surface area (TPSA) is 52.6 Å². The molecule has 5 heteroatoms. The zero-order valence-corrected chi connectivity index (χ0v) is 13.9. The van der Waals surface area contributed by atoms with Crippen LogP contribution in [0.4, 0.5) is 0 Å². The molecule has 1 aromatic carbocycles. The molecule has 0 spiro atoms. The Morgan fingerprint density at radius 3 is 2.74 bits per heavy atom. The second-order valence-electron chi connectivity index (χ2n) is 6.50. The Kier molecular flexibility index (Phi) is 4.41.